The van der Waals surface area contributed by atoms with Crippen molar-refractivity contribution in [3.05, 3.63) is 23.3 Å². The van der Waals surface area contributed by atoms with Gasteiger partial charge < -0.3 is 5.73 Å². The van der Waals surface area contributed by atoms with E-state index in [0.717, 1.165) is 6.54 Å². The quantitative estimate of drug-likeness (QED) is 0.837. The number of hydrogen-bond acceptors (Lipinski definition) is 3. The number of thioether (sulfide) groups is 2. The van der Waals surface area contributed by atoms with E-state index in [9.17, 15) is 0 Å². The van der Waals surface area contributed by atoms with E-state index in [0.29, 0.717) is 0 Å². The molecule has 1 aliphatic carbocycles. The van der Waals surface area contributed by atoms with E-state index in [-0.39, 0.29) is 5.41 Å². The molecule has 0 spiro atoms. The number of nitrogens with two attached hydrogens (primary N) is 1. The smallest absolute Gasteiger partial charge is 0.0111 e. The van der Waals surface area contributed by atoms with Crippen molar-refractivity contribution in [2.75, 3.05) is 19.1 Å². The maximum atomic E-state index is 6.14. The van der Waals surface area contributed by atoms with E-state index in [1.807, 2.05) is 23.5 Å². The van der Waals surface area contributed by atoms with E-state index < -0.39 is 0 Å². The van der Waals surface area contributed by atoms with Gasteiger partial charge in [0.2, 0.25) is 0 Å². The average molecular weight is 281 g/mol. The summed E-state index contributed by atoms with van der Waals surface area (Å²) in [5, 5.41) is 0. The summed E-state index contributed by atoms with van der Waals surface area (Å²) in [5.74, 6) is 0. The van der Waals surface area contributed by atoms with Gasteiger partial charge in [-0.15, -0.1) is 23.5 Å². The van der Waals surface area contributed by atoms with Gasteiger partial charge in [0.1, 0.15) is 0 Å². The fourth-order valence-electron chi connectivity index (χ4n) is 3.10. The molecule has 0 bridgehead atoms. The molecule has 1 aromatic rings. The second-order valence-corrected chi connectivity index (χ2v) is 6.91. The van der Waals surface area contributed by atoms with Gasteiger partial charge in [0, 0.05) is 21.8 Å². The Morgan fingerprint density at radius 1 is 1.11 bits per heavy atom. The van der Waals surface area contributed by atoms with Crippen LogP contribution < -0.4 is 5.73 Å². The van der Waals surface area contributed by atoms with Crippen LogP contribution in [-0.4, -0.2) is 19.1 Å². The zero-order chi connectivity index (χ0) is 13.2. The van der Waals surface area contributed by atoms with E-state index in [2.05, 4.69) is 31.6 Å². The zero-order valence-corrected chi connectivity index (χ0v) is 13.2. The summed E-state index contributed by atoms with van der Waals surface area (Å²) in [6.07, 6.45) is 9.51. The normalized spacial score (nSPS) is 18.2. The highest BCUT2D eigenvalue weighted by Gasteiger charge is 2.36. The molecule has 1 nitrogen and oxygen atoms in total. The SMILES string of the molecule is CSc1cc(C2(CN)CCCC2)c(SC)cc1C. The molecule has 0 radical (unpaired) electrons. The Kier molecular flexibility index (Phi) is 4.68. The predicted octanol–water partition coefficient (Wildman–Crippen LogP) is 4.21. The summed E-state index contributed by atoms with van der Waals surface area (Å²) >= 11 is 3.71. The highest BCUT2D eigenvalue weighted by Crippen LogP contribution is 2.45. The van der Waals surface area contributed by atoms with Crippen LogP contribution in [0.5, 0.6) is 0 Å². The third-order valence-electron chi connectivity index (χ3n) is 4.24. The van der Waals surface area contributed by atoms with Crippen LogP contribution in [-0.2, 0) is 5.41 Å². The van der Waals surface area contributed by atoms with Gasteiger partial charge in [0.05, 0.1) is 0 Å². The highest BCUT2D eigenvalue weighted by molar-refractivity contribution is 7.99. The molecular formula is C15H23NS2. The summed E-state index contributed by atoms with van der Waals surface area (Å²) in [6.45, 7) is 3.00. The minimum atomic E-state index is 0.247. The number of rotatable bonds is 4. The van der Waals surface area contributed by atoms with Crippen LogP contribution in [0.25, 0.3) is 0 Å². The van der Waals surface area contributed by atoms with Crippen LogP contribution in [0.2, 0.25) is 0 Å². The molecule has 3 heteroatoms. The summed E-state index contributed by atoms with van der Waals surface area (Å²) in [7, 11) is 0. The van der Waals surface area contributed by atoms with Gasteiger partial charge in [-0.25, -0.2) is 0 Å². The molecule has 0 aromatic heterocycles. The molecule has 0 heterocycles. The highest BCUT2D eigenvalue weighted by atomic mass is 32.2. The van der Waals surface area contributed by atoms with Crippen molar-refractivity contribution in [1.82, 2.24) is 0 Å². The zero-order valence-electron chi connectivity index (χ0n) is 11.6. The maximum Gasteiger partial charge on any atom is 0.0111 e. The molecule has 2 rings (SSSR count). The van der Waals surface area contributed by atoms with Crippen LogP contribution >= 0.6 is 23.5 Å². The maximum absolute atomic E-state index is 6.14. The average Bonchev–Trinajstić information content (AvgIpc) is 2.88. The van der Waals surface area contributed by atoms with Gasteiger partial charge in [-0.1, -0.05) is 12.8 Å². The predicted molar refractivity (Wildman–Crippen MR) is 83.9 cm³/mol. The van der Waals surface area contributed by atoms with Crippen molar-refractivity contribution in [3.63, 3.8) is 0 Å². The first-order valence-corrected chi connectivity index (χ1v) is 9.05. The van der Waals surface area contributed by atoms with Crippen molar-refractivity contribution in [3.8, 4) is 0 Å². The molecule has 2 N–H and O–H groups in total. The second kappa shape index (κ2) is 5.89. The van der Waals surface area contributed by atoms with Crippen molar-refractivity contribution in [2.24, 2.45) is 5.73 Å². The van der Waals surface area contributed by atoms with Gasteiger partial charge in [0.15, 0.2) is 0 Å². The van der Waals surface area contributed by atoms with Gasteiger partial charge in [-0.3, -0.25) is 0 Å². The summed E-state index contributed by atoms with van der Waals surface area (Å²) in [5.41, 5.74) is 9.28. The molecule has 0 amide bonds. The third kappa shape index (κ3) is 2.45. The third-order valence-corrected chi connectivity index (χ3v) is 5.90. The van der Waals surface area contributed by atoms with Crippen molar-refractivity contribution in [2.45, 2.75) is 47.8 Å². The lowest BCUT2D eigenvalue weighted by molar-refractivity contribution is 0.444. The standard InChI is InChI=1S/C15H23NS2/c1-11-8-14(18-3)12(9-13(11)17-2)15(10-16)6-4-5-7-15/h8-9H,4-7,10,16H2,1-3H3. The van der Waals surface area contributed by atoms with Crippen LogP contribution in [0.15, 0.2) is 21.9 Å². The first-order chi connectivity index (χ1) is 8.66. The Balaban J connectivity index is 2.53. The monoisotopic (exact) mass is 281 g/mol. The molecule has 0 atom stereocenters. The Labute approximate surface area is 119 Å². The summed E-state index contributed by atoms with van der Waals surface area (Å²) < 4.78 is 0. The molecule has 1 fully saturated rings. The van der Waals surface area contributed by atoms with Crippen molar-refractivity contribution >= 4 is 23.5 Å². The largest absolute Gasteiger partial charge is 0.330 e. The van der Waals surface area contributed by atoms with E-state index >= 15 is 0 Å². The number of hydrogen-bond donors (Lipinski definition) is 1. The van der Waals surface area contributed by atoms with Gasteiger partial charge in [0.25, 0.3) is 0 Å². The number of aryl methyl sites for hydroxylation is 1. The molecule has 1 saturated carbocycles. The van der Waals surface area contributed by atoms with Crippen molar-refractivity contribution in [1.29, 1.82) is 0 Å². The molecule has 0 saturated heterocycles. The van der Waals surface area contributed by atoms with Crippen LogP contribution in [0, 0.1) is 6.92 Å². The Bertz CT molecular complexity index is 423. The van der Waals surface area contributed by atoms with E-state index in [1.165, 1.54) is 46.6 Å². The fraction of sp³-hybridized carbons (Fsp3) is 0.600. The Hall–Kier alpha value is -0.120. The second-order valence-electron chi connectivity index (χ2n) is 5.21. The Morgan fingerprint density at radius 2 is 1.72 bits per heavy atom. The minimum Gasteiger partial charge on any atom is -0.330 e. The molecule has 0 aliphatic heterocycles. The fourth-order valence-corrected chi connectivity index (χ4v) is 4.51. The molecule has 0 unspecified atom stereocenters. The van der Waals surface area contributed by atoms with E-state index in [1.54, 1.807) is 0 Å². The minimum absolute atomic E-state index is 0.247. The lowest BCUT2D eigenvalue weighted by Crippen LogP contribution is -2.32. The Morgan fingerprint density at radius 3 is 2.22 bits per heavy atom. The van der Waals surface area contributed by atoms with Crippen LogP contribution in [0.4, 0.5) is 0 Å². The van der Waals surface area contributed by atoms with Gasteiger partial charge in [-0.2, -0.15) is 0 Å². The van der Waals surface area contributed by atoms with Gasteiger partial charge in [-0.05, 0) is 55.5 Å². The van der Waals surface area contributed by atoms with Crippen LogP contribution in [0.3, 0.4) is 0 Å². The van der Waals surface area contributed by atoms with Crippen LogP contribution in [0.1, 0.15) is 36.8 Å². The first kappa shape index (κ1) is 14.3. The first-order valence-electron chi connectivity index (χ1n) is 6.60. The van der Waals surface area contributed by atoms with Crippen molar-refractivity contribution < 1.29 is 0 Å². The van der Waals surface area contributed by atoms with Gasteiger partial charge >= 0.3 is 0 Å². The van der Waals surface area contributed by atoms with E-state index in [4.69, 9.17) is 5.73 Å². The molecular weight excluding hydrogens is 258 g/mol. The number of benzene rings is 1. The lowest BCUT2D eigenvalue weighted by atomic mass is 9.78. The molecule has 1 aromatic carbocycles. The molecule has 18 heavy (non-hydrogen) atoms. The summed E-state index contributed by atoms with van der Waals surface area (Å²) in [6, 6.07) is 4.76. The molecule has 1 aliphatic rings. The molecule has 100 valence electrons. The lowest BCUT2D eigenvalue weighted by Gasteiger charge is -2.30. The summed E-state index contributed by atoms with van der Waals surface area (Å²) in [4.78, 5) is 2.83. The topological polar surface area (TPSA) is 26.0 Å².